The number of carbonyl (C=O) groups excluding carboxylic acids is 2. The van der Waals surface area contributed by atoms with E-state index in [4.69, 9.17) is 4.74 Å². The minimum atomic E-state index is -0.683. The second-order valence-corrected chi connectivity index (χ2v) is 5.57. The highest BCUT2D eigenvalue weighted by Crippen LogP contribution is 2.20. The third kappa shape index (κ3) is 4.12. The number of amides is 2. The molecule has 0 bridgehead atoms. The highest BCUT2D eigenvalue weighted by Gasteiger charge is 2.21. The molecule has 0 fully saturated rings. The van der Waals surface area contributed by atoms with Gasteiger partial charge in [0.05, 0.1) is 18.4 Å². The van der Waals surface area contributed by atoms with Crippen molar-refractivity contribution >= 4 is 28.9 Å². The van der Waals surface area contributed by atoms with Crippen molar-refractivity contribution in [3.63, 3.8) is 0 Å². The smallest absolute Gasteiger partial charge is 0.276 e. The molecule has 10 heteroatoms. The lowest BCUT2D eigenvalue weighted by atomic mass is 10.2. The van der Waals surface area contributed by atoms with Gasteiger partial charge in [0.15, 0.2) is 5.69 Å². The monoisotopic (exact) mass is 381 g/mol. The summed E-state index contributed by atoms with van der Waals surface area (Å²) in [7, 11) is 1.51. The summed E-state index contributed by atoms with van der Waals surface area (Å²) < 4.78 is 5.10. The molecule has 0 unspecified atom stereocenters. The maximum Gasteiger partial charge on any atom is 0.276 e. The zero-order chi connectivity index (χ0) is 20.1. The van der Waals surface area contributed by atoms with E-state index in [9.17, 15) is 19.7 Å². The van der Waals surface area contributed by atoms with Crippen LogP contribution in [-0.2, 0) is 0 Å². The van der Waals surface area contributed by atoms with Crippen molar-refractivity contribution in [1.82, 2.24) is 9.97 Å². The van der Waals surface area contributed by atoms with Gasteiger partial charge in [-0.25, -0.2) is 4.98 Å². The van der Waals surface area contributed by atoms with Crippen LogP contribution >= 0.6 is 0 Å². The molecular formula is C18H15N5O5. The Labute approximate surface area is 158 Å². The largest absolute Gasteiger partial charge is 0.497 e. The van der Waals surface area contributed by atoms with Crippen LogP contribution in [0.5, 0.6) is 5.75 Å². The number of carbonyl (C=O) groups is 2. The first-order chi connectivity index (χ1) is 13.5. The van der Waals surface area contributed by atoms with Crippen molar-refractivity contribution in [2.75, 3.05) is 17.7 Å². The number of imidazole rings is 1. The summed E-state index contributed by atoms with van der Waals surface area (Å²) in [6.07, 6.45) is 1.21. The number of nitrogens with zero attached hydrogens (tertiary/aromatic N) is 2. The molecule has 0 saturated carbocycles. The molecule has 0 spiro atoms. The van der Waals surface area contributed by atoms with Crippen LogP contribution in [0.4, 0.5) is 17.1 Å². The molecule has 0 saturated heterocycles. The molecule has 2 aromatic carbocycles. The van der Waals surface area contributed by atoms with E-state index in [1.54, 1.807) is 24.3 Å². The molecule has 28 heavy (non-hydrogen) atoms. The van der Waals surface area contributed by atoms with Crippen LogP contribution in [0.2, 0.25) is 0 Å². The van der Waals surface area contributed by atoms with Crippen LogP contribution in [0.1, 0.15) is 21.0 Å². The lowest BCUT2D eigenvalue weighted by Crippen LogP contribution is -2.20. The minimum Gasteiger partial charge on any atom is -0.497 e. The van der Waals surface area contributed by atoms with E-state index in [1.807, 2.05) is 0 Å². The Morgan fingerprint density at radius 2 is 1.75 bits per heavy atom. The first-order valence-corrected chi connectivity index (χ1v) is 8.02. The molecule has 0 radical (unpaired) electrons. The number of nitro groups is 1. The Hall–Kier alpha value is -4.21. The summed E-state index contributed by atoms with van der Waals surface area (Å²) in [4.78, 5) is 41.8. The predicted octanol–water partition coefficient (Wildman–Crippen LogP) is 2.83. The van der Waals surface area contributed by atoms with Gasteiger partial charge in [-0.15, -0.1) is 0 Å². The molecule has 0 aliphatic heterocycles. The fourth-order valence-corrected chi connectivity index (χ4v) is 2.42. The Balaban J connectivity index is 1.77. The Morgan fingerprint density at radius 3 is 2.46 bits per heavy atom. The van der Waals surface area contributed by atoms with Gasteiger partial charge < -0.3 is 20.4 Å². The van der Waals surface area contributed by atoms with Gasteiger partial charge in [-0.2, -0.15) is 0 Å². The lowest BCUT2D eigenvalue weighted by molar-refractivity contribution is -0.384. The summed E-state index contributed by atoms with van der Waals surface area (Å²) in [5, 5.41) is 16.0. The van der Waals surface area contributed by atoms with E-state index < -0.39 is 16.7 Å². The molecule has 2 amide bonds. The van der Waals surface area contributed by atoms with Crippen molar-refractivity contribution < 1.29 is 19.2 Å². The minimum absolute atomic E-state index is 0.0502. The number of benzene rings is 2. The number of non-ortho nitro benzene ring substituents is 1. The topological polar surface area (TPSA) is 139 Å². The van der Waals surface area contributed by atoms with E-state index in [0.717, 1.165) is 0 Å². The van der Waals surface area contributed by atoms with E-state index in [0.29, 0.717) is 11.4 Å². The molecule has 0 aliphatic rings. The highest BCUT2D eigenvalue weighted by molar-refractivity contribution is 6.13. The number of rotatable bonds is 6. The van der Waals surface area contributed by atoms with Crippen molar-refractivity contribution in [2.24, 2.45) is 0 Å². The molecule has 1 aromatic heterocycles. The average Bonchev–Trinajstić information content (AvgIpc) is 3.18. The highest BCUT2D eigenvalue weighted by atomic mass is 16.6. The number of H-pyrrole nitrogens is 1. The number of aromatic nitrogens is 2. The van der Waals surface area contributed by atoms with Gasteiger partial charge >= 0.3 is 0 Å². The second-order valence-electron chi connectivity index (χ2n) is 5.57. The number of ether oxygens (including phenoxy) is 1. The van der Waals surface area contributed by atoms with Gasteiger partial charge in [0.25, 0.3) is 17.5 Å². The van der Waals surface area contributed by atoms with E-state index in [-0.39, 0.29) is 22.8 Å². The van der Waals surface area contributed by atoms with Crippen molar-refractivity contribution in [1.29, 1.82) is 0 Å². The number of hydrogen-bond acceptors (Lipinski definition) is 6. The first-order valence-electron chi connectivity index (χ1n) is 8.02. The lowest BCUT2D eigenvalue weighted by Gasteiger charge is -2.08. The van der Waals surface area contributed by atoms with E-state index in [2.05, 4.69) is 20.6 Å². The number of hydrogen-bond donors (Lipinski definition) is 3. The Bertz CT molecular complexity index is 1050. The van der Waals surface area contributed by atoms with Gasteiger partial charge in [-0.05, 0) is 18.2 Å². The molecule has 3 aromatic rings. The Kier molecular flexibility index (Phi) is 5.30. The maximum atomic E-state index is 12.5. The summed E-state index contributed by atoms with van der Waals surface area (Å²) in [5.74, 6) is -0.696. The Morgan fingerprint density at radius 1 is 1.07 bits per heavy atom. The number of aromatic amines is 1. The standard InChI is InChI=1S/C18H15N5O5/c1-28-14-7-3-5-12(9-14)22-18(25)16-15(19-10-20-16)17(24)21-11-4-2-6-13(8-11)23(26)27/h2-10H,1H3,(H,19,20)(H,21,24)(H,22,25). The third-order valence-electron chi connectivity index (χ3n) is 3.72. The quantitative estimate of drug-likeness (QED) is 0.443. The summed E-state index contributed by atoms with van der Waals surface area (Å²) in [5.41, 5.74) is 0.318. The van der Waals surface area contributed by atoms with Crippen LogP contribution in [0.15, 0.2) is 54.9 Å². The van der Waals surface area contributed by atoms with Gasteiger partial charge in [-0.3, -0.25) is 19.7 Å². The predicted molar refractivity (Wildman–Crippen MR) is 101 cm³/mol. The molecule has 3 N–H and O–H groups in total. The van der Waals surface area contributed by atoms with Gasteiger partial charge in [-0.1, -0.05) is 12.1 Å². The fourth-order valence-electron chi connectivity index (χ4n) is 2.42. The van der Waals surface area contributed by atoms with Crippen LogP contribution in [0, 0.1) is 10.1 Å². The third-order valence-corrected chi connectivity index (χ3v) is 3.72. The number of methoxy groups -OCH3 is 1. The van der Waals surface area contributed by atoms with Crippen LogP contribution in [-0.4, -0.2) is 33.8 Å². The number of anilines is 2. The normalized spacial score (nSPS) is 10.2. The SMILES string of the molecule is COc1cccc(NC(=O)c2[nH]cnc2C(=O)Nc2cccc([N+](=O)[O-])c2)c1. The maximum absolute atomic E-state index is 12.5. The first kappa shape index (κ1) is 18.6. The molecule has 3 rings (SSSR count). The van der Waals surface area contributed by atoms with Gasteiger partial charge in [0, 0.05) is 29.6 Å². The van der Waals surface area contributed by atoms with Crippen LogP contribution in [0.3, 0.4) is 0 Å². The molecule has 10 nitrogen and oxygen atoms in total. The summed E-state index contributed by atoms with van der Waals surface area (Å²) >= 11 is 0. The number of nitro benzene ring substituents is 1. The van der Waals surface area contributed by atoms with Crippen molar-refractivity contribution in [2.45, 2.75) is 0 Å². The summed E-state index contributed by atoms with van der Waals surface area (Å²) in [6.45, 7) is 0. The molecule has 0 atom stereocenters. The van der Waals surface area contributed by atoms with Crippen LogP contribution in [0.25, 0.3) is 0 Å². The zero-order valence-corrected chi connectivity index (χ0v) is 14.6. The average molecular weight is 381 g/mol. The molecular weight excluding hydrogens is 366 g/mol. The van der Waals surface area contributed by atoms with Gasteiger partial charge in [0.2, 0.25) is 0 Å². The number of nitrogens with one attached hydrogen (secondary N) is 3. The van der Waals surface area contributed by atoms with Crippen molar-refractivity contribution in [3.05, 3.63) is 76.4 Å². The molecule has 0 aliphatic carbocycles. The van der Waals surface area contributed by atoms with Gasteiger partial charge in [0.1, 0.15) is 11.4 Å². The van der Waals surface area contributed by atoms with E-state index >= 15 is 0 Å². The van der Waals surface area contributed by atoms with Crippen molar-refractivity contribution in [3.8, 4) is 5.75 Å². The van der Waals surface area contributed by atoms with E-state index in [1.165, 1.54) is 37.7 Å². The molecule has 142 valence electrons. The molecule has 1 heterocycles. The second kappa shape index (κ2) is 7.99. The zero-order valence-electron chi connectivity index (χ0n) is 14.6. The fraction of sp³-hybridized carbons (Fsp3) is 0.0556. The summed E-state index contributed by atoms with van der Waals surface area (Å²) in [6, 6.07) is 12.2. The van der Waals surface area contributed by atoms with Crippen LogP contribution < -0.4 is 15.4 Å².